The fourth-order valence-electron chi connectivity index (χ4n) is 1.76. The van der Waals surface area contributed by atoms with Crippen LogP contribution in [-0.2, 0) is 24.4 Å². The fraction of sp³-hybridized carbons (Fsp3) is 0.727. The van der Waals surface area contributed by atoms with Gasteiger partial charge in [-0.3, -0.25) is 8.89 Å². The summed E-state index contributed by atoms with van der Waals surface area (Å²) < 4.78 is 13.0. The van der Waals surface area contributed by atoms with Crippen LogP contribution in [0.5, 0.6) is 0 Å². The Hall–Kier alpha value is -0.680. The molecule has 4 nitrogen and oxygen atoms in total. The van der Waals surface area contributed by atoms with Gasteiger partial charge in [-0.25, -0.2) is 0 Å². The number of rotatable bonds is 5. The summed E-state index contributed by atoms with van der Waals surface area (Å²) in [6.45, 7) is 6.94. The van der Waals surface area contributed by atoms with Crippen molar-refractivity contribution < 1.29 is 4.21 Å². The summed E-state index contributed by atoms with van der Waals surface area (Å²) in [7, 11) is 1.21. The van der Waals surface area contributed by atoms with Crippen molar-refractivity contribution in [2.75, 3.05) is 12.0 Å². The van der Waals surface area contributed by atoms with Crippen LogP contribution in [0.15, 0.2) is 0 Å². The van der Waals surface area contributed by atoms with Crippen LogP contribution in [0.2, 0.25) is 0 Å². The molecule has 92 valence electrons. The van der Waals surface area contributed by atoms with Crippen LogP contribution in [0, 0.1) is 13.8 Å². The summed E-state index contributed by atoms with van der Waals surface area (Å²) in [6.07, 6.45) is 1.73. The van der Waals surface area contributed by atoms with Gasteiger partial charge in [-0.05, 0) is 20.8 Å². The smallest absolute Gasteiger partial charge is 0.0641 e. The predicted molar refractivity (Wildman–Crippen MR) is 67.9 cm³/mol. The van der Waals surface area contributed by atoms with Gasteiger partial charge in [0.2, 0.25) is 0 Å². The van der Waals surface area contributed by atoms with E-state index in [1.165, 1.54) is 11.3 Å². The Morgan fingerprint density at radius 1 is 1.50 bits per heavy atom. The summed E-state index contributed by atoms with van der Waals surface area (Å²) in [4.78, 5) is 0. The van der Waals surface area contributed by atoms with E-state index in [9.17, 15) is 4.21 Å². The number of hydrogen-bond acceptors (Lipinski definition) is 3. The van der Waals surface area contributed by atoms with E-state index in [1.54, 1.807) is 6.26 Å². The molecule has 1 heterocycles. The molecular weight excluding hydrogens is 222 g/mol. The average molecular weight is 243 g/mol. The molecule has 16 heavy (non-hydrogen) atoms. The molecule has 0 aliphatic heterocycles. The van der Waals surface area contributed by atoms with Crippen LogP contribution in [0.3, 0.4) is 0 Å². The van der Waals surface area contributed by atoms with E-state index in [4.69, 9.17) is 0 Å². The second-order valence-electron chi connectivity index (χ2n) is 4.29. The first kappa shape index (κ1) is 13.4. The molecule has 0 fully saturated rings. The molecule has 0 aliphatic carbocycles. The van der Waals surface area contributed by atoms with E-state index in [-0.39, 0.29) is 6.04 Å². The first-order valence-corrected chi connectivity index (χ1v) is 7.17. The van der Waals surface area contributed by atoms with Crippen molar-refractivity contribution in [2.45, 2.75) is 33.4 Å². The van der Waals surface area contributed by atoms with Gasteiger partial charge in [-0.2, -0.15) is 5.10 Å². The van der Waals surface area contributed by atoms with Crippen molar-refractivity contribution in [1.82, 2.24) is 15.1 Å². The Bertz CT molecular complexity index is 387. The number of nitrogens with zero attached hydrogens (tertiary/aromatic N) is 2. The Balaban J connectivity index is 2.57. The van der Waals surface area contributed by atoms with Crippen molar-refractivity contribution in [1.29, 1.82) is 0 Å². The third-order valence-corrected chi connectivity index (χ3v) is 3.74. The predicted octanol–water partition coefficient (Wildman–Crippen LogP) is 0.894. The SMILES string of the molecule is Cc1nn(C)c(C)c1CNC(C)CS(C)=O. The highest BCUT2D eigenvalue weighted by Crippen LogP contribution is 2.11. The summed E-state index contributed by atoms with van der Waals surface area (Å²) in [5, 5.41) is 7.75. The molecule has 0 bridgehead atoms. The van der Waals surface area contributed by atoms with Crippen LogP contribution < -0.4 is 5.32 Å². The van der Waals surface area contributed by atoms with E-state index in [1.807, 2.05) is 18.7 Å². The molecule has 2 atom stereocenters. The number of nitrogens with one attached hydrogen (secondary N) is 1. The lowest BCUT2D eigenvalue weighted by Gasteiger charge is -2.12. The maximum absolute atomic E-state index is 11.1. The van der Waals surface area contributed by atoms with Gasteiger partial charge in [-0.1, -0.05) is 0 Å². The van der Waals surface area contributed by atoms with Gasteiger partial charge in [-0.15, -0.1) is 0 Å². The minimum absolute atomic E-state index is 0.268. The van der Waals surface area contributed by atoms with Crippen molar-refractivity contribution in [3.8, 4) is 0 Å². The highest BCUT2D eigenvalue weighted by molar-refractivity contribution is 7.84. The summed E-state index contributed by atoms with van der Waals surface area (Å²) in [5.41, 5.74) is 3.50. The van der Waals surface area contributed by atoms with Crippen molar-refractivity contribution in [2.24, 2.45) is 7.05 Å². The molecule has 0 amide bonds. The second kappa shape index (κ2) is 5.59. The molecule has 0 saturated carbocycles. The molecule has 0 saturated heterocycles. The topological polar surface area (TPSA) is 46.9 Å². The molecule has 1 aromatic rings. The van der Waals surface area contributed by atoms with Crippen LogP contribution in [0.25, 0.3) is 0 Å². The maximum Gasteiger partial charge on any atom is 0.0641 e. The standard InChI is InChI=1S/C11H21N3OS/c1-8(7-16(5)15)12-6-11-9(2)13-14(4)10(11)3/h8,12H,6-7H2,1-5H3. The zero-order chi connectivity index (χ0) is 12.3. The number of aromatic nitrogens is 2. The zero-order valence-electron chi connectivity index (χ0n) is 10.7. The van der Waals surface area contributed by atoms with E-state index < -0.39 is 10.8 Å². The van der Waals surface area contributed by atoms with Gasteiger partial charge < -0.3 is 5.32 Å². The normalized spacial score (nSPS) is 15.1. The molecule has 1 rings (SSSR count). The van der Waals surface area contributed by atoms with Gasteiger partial charge in [0.15, 0.2) is 0 Å². The van der Waals surface area contributed by atoms with Crippen LogP contribution in [0.4, 0.5) is 0 Å². The molecule has 0 aliphatic rings. The first-order valence-electron chi connectivity index (χ1n) is 5.44. The lowest BCUT2D eigenvalue weighted by Crippen LogP contribution is -2.30. The summed E-state index contributed by atoms with van der Waals surface area (Å²) in [5.74, 6) is 0.693. The first-order chi connectivity index (χ1) is 7.41. The minimum Gasteiger partial charge on any atom is -0.309 e. The van der Waals surface area contributed by atoms with Crippen molar-refractivity contribution >= 4 is 10.8 Å². The Morgan fingerprint density at radius 3 is 2.56 bits per heavy atom. The van der Waals surface area contributed by atoms with Gasteiger partial charge in [0, 0.05) is 53.7 Å². The molecular formula is C11H21N3OS. The Labute approximate surface area is 99.9 Å². The molecule has 5 heteroatoms. The Kier molecular flexibility index (Phi) is 4.68. The fourth-order valence-corrected chi connectivity index (χ4v) is 2.58. The highest BCUT2D eigenvalue weighted by Gasteiger charge is 2.10. The van der Waals surface area contributed by atoms with E-state index in [0.29, 0.717) is 5.75 Å². The molecule has 1 aromatic heterocycles. The minimum atomic E-state index is -0.742. The largest absolute Gasteiger partial charge is 0.309 e. The lowest BCUT2D eigenvalue weighted by atomic mass is 10.2. The van der Waals surface area contributed by atoms with Gasteiger partial charge in [0.1, 0.15) is 0 Å². The third kappa shape index (κ3) is 3.42. The number of hydrogen-bond donors (Lipinski definition) is 1. The summed E-state index contributed by atoms with van der Waals surface area (Å²) >= 11 is 0. The van der Waals surface area contributed by atoms with Crippen LogP contribution in [-0.4, -0.2) is 32.0 Å². The highest BCUT2D eigenvalue weighted by atomic mass is 32.2. The quantitative estimate of drug-likeness (QED) is 0.835. The zero-order valence-corrected chi connectivity index (χ0v) is 11.5. The van der Waals surface area contributed by atoms with Crippen LogP contribution in [0.1, 0.15) is 23.9 Å². The van der Waals surface area contributed by atoms with Gasteiger partial charge in [0.25, 0.3) is 0 Å². The van der Waals surface area contributed by atoms with E-state index >= 15 is 0 Å². The molecule has 0 radical (unpaired) electrons. The average Bonchev–Trinajstić information content (AvgIpc) is 2.38. The molecule has 2 unspecified atom stereocenters. The lowest BCUT2D eigenvalue weighted by molar-refractivity contribution is 0.584. The third-order valence-electron chi connectivity index (χ3n) is 2.77. The second-order valence-corrected chi connectivity index (χ2v) is 5.77. The van der Waals surface area contributed by atoms with E-state index in [2.05, 4.69) is 24.3 Å². The molecule has 0 aromatic carbocycles. The van der Waals surface area contributed by atoms with Crippen molar-refractivity contribution in [3.63, 3.8) is 0 Å². The molecule has 0 spiro atoms. The maximum atomic E-state index is 11.1. The summed E-state index contributed by atoms with van der Waals surface area (Å²) in [6, 6.07) is 0.268. The van der Waals surface area contributed by atoms with Gasteiger partial charge in [0.05, 0.1) is 5.69 Å². The monoisotopic (exact) mass is 243 g/mol. The van der Waals surface area contributed by atoms with Crippen LogP contribution >= 0.6 is 0 Å². The van der Waals surface area contributed by atoms with Gasteiger partial charge >= 0.3 is 0 Å². The molecule has 1 N–H and O–H groups in total. The van der Waals surface area contributed by atoms with E-state index in [0.717, 1.165) is 12.2 Å². The van der Waals surface area contributed by atoms with Crippen molar-refractivity contribution in [3.05, 3.63) is 17.0 Å². The number of aryl methyl sites for hydroxylation is 2. The Morgan fingerprint density at radius 2 is 2.12 bits per heavy atom.